The summed E-state index contributed by atoms with van der Waals surface area (Å²) in [7, 11) is 1.61. The standard InChI is InChI=1S/C14H19NO4/c1-17-12-4-2-3-10-13(16)11(9-19-14(10)12)15-5-7-18-8-6-15/h2-4,11,13,16H,5-9H2,1H3. The Bertz CT molecular complexity index is 445. The minimum absolute atomic E-state index is 0.0106. The minimum Gasteiger partial charge on any atom is -0.493 e. The highest BCUT2D eigenvalue weighted by atomic mass is 16.5. The molecule has 0 saturated carbocycles. The van der Waals surface area contributed by atoms with Crippen molar-refractivity contribution < 1.29 is 19.3 Å². The Morgan fingerprint density at radius 2 is 2.11 bits per heavy atom. The first-order chi connectivity index (χ1) is 9.31. The van der Waals surface area contributed by atoms with Crippen molar-refractivity contribution in [3.05, 3.63) is 23.8 Å². The Kier molecular flexibility index (Phi) is 3.59. The fourth-order valence-electron chi connectivity index (χ4n) is 2.76. The number of hydrogen-bond donors (Lipinski definition) is 1. The largest absolute Gasteiger partial charge is 0.493 e. The topological polar surface area (TPSA) is 51.2 Å². The van der Waals surface area contributed by atoms with Crippen LogP contribution < -0.4 is 9.47 Å². The molecule has 0 amide bonds. The molecular formula is C14H19NO4. The highest BCUT2D eigenvalue weighted by Gasteiger charge is 2.35. The second-order valence-corrected chi connectivity index (χ2v) is 4.85. The van der Waals surface area contributed by atoms with Gasteiger partial charge in [0.2, 0.25) is 0 Å². The van der Waals surface area contributed by atoms with E-state index in [9.17, 15) is 5.11 Å². The first-order valence-electron chi connectivity index (χ1n) is 6.61. The van der Waals surface area contributed by atoms with E-state index in [-0.39, 0.29) is 6.04 Å². The number of aliphatic hydroxyl groups excluding tert-OH is 1. The lowest BCUT2D eigenvalue weighted by Crippen LogP contribution is -2.50. The molecule has 5 heteroatoms. The summed E-state index contributed by atoms with van der Waals surface area (Å²) in [5.74, 6) is 1.35. The van der Waals surface area contributed by atoms with E-state index in [0.717, 1.165) is 18.7 Å². The molecule has 0 bridgehead atoms. The van der Waals surface area contributed by atoms with Crippen molar-refractivity contribution >= 4 is 0 Å². The molecule has 1 N–H and O–H groups in total. The highest BCUT2D eigenvalue weighted by Crippen LogP contribution is 2.40. The van der Waals surface area contributed by atoms with E-state index in [4.69, 9.17) is 14.2 Å². The third kappa shape index (κ3) is 2.29. The molecule has 5 nitrogen and oxygen atoms in total. The van der Waals surface area contributed by atoms with Gasteiger partial charge in [-0.3, -0.25) is 4.90 Å². The van der Waals surface area contributed by atoms with Crippen molar-refractivity contribution in [3.8, 4) is 11.5 Å². The maximum atomic E-state index is 10.6. The average Bonchev–Trinajstić information content (AvgIpc) is 2.48. The van der Waals surface area contributed by atoms with Gasteiger partial charge in [0.25, 0.3) is 0 Å². The number of methoxy groups -OCH3 is 1. The van der Waals surface area contributed by atoms with E-state index >= 15 is 0 Å². The van der Waals surface area contributed by atoms with E-state index in [2.05, 4.69) is 4.90 Å². The van der Waals surface area contributed by atoms with Crippen molar-refractivity contribution in [1.82, 2.24) is 4.90 Å². The van der Waals surface area contributed by atoms with Crippen LogP contribution in [0.15, 0.2) is 18.2 Å². The van der Waals surface area contributed by atoms with Crippen molar-refractivity contribution in [2.45, 2.75) is 12.1 Å². The van der Waals surface area contributed by atoms with Gasteiger partial charge in [-0.05, 0) is 6.07 Å². The van der Waals surface area contributed by atoms with E-state index < -0.39 is 6.10 Å². The van der Waals surface area contributed by atoms with Crippen LogP contribution in [0.25, 0.3) is 0 Å². The highest BCUT2D eigenvalue weighted by molar-refractivity contribution is 5.49. The van der Waals surface area contributed by atoms with Crippen LogP contribution in [0.4, 0.5) is 0 Å². The zero-order chi connectivity index (χ0) is 13.2. The average molecular weight is 265 g/mol. The summed E-state index contributed by atoms with van der Waals surface area (Å²) in [6, 6.07) is 5.62. The van der Waals surface area contributed by atoms with E-state index in [0.29, 0.717) is 31.3 Å². The van der Waals surface area contributed by atoms with Crippen molar-refractivity contribution in [1.29, 1.82) is 0 Å². The summed E-state index contributed by atoms with van der Waals surface area (Å²) >= 11 is 0. The van der Waals surface area contributed by atoms with Gasteiger partial charge in [-0.25, -0.2) is 0 Å². The van der Waals surface area contributed by atoms with Gasteiger partial charge in [0.15, 0.2) is 11.5 Å². The number of rotatable bonds is 2. The molecule has 0 radical (unpaired) electrons. The van der Waals surface area contributed by atoms with Crippen LogP contribution in [0, 0.1) is 0 Å². The van der Waals surface area contributed by atoms with Gasteiger partial charge in [0.1, 0.15) is 12.7 Å². The van der Waals surface area contributed by atoms with Crippen LogP contribution in [0.2, 0.25) is 0 Å². The van der Waals surface area contributed by atoms with Gasteiger partial charge >= 0.3 is 0 Å². The summed E-state index contributed by atoms with van der Waals surface area (Å²) in [5.41, 5.74) is 0.807. The number of nitrogens with zero attached hydrogens (tertiary/aromatic N) is 1. The van der Waals surface area contributed by atoms with Crippen LogP contribution in [0.3, 0.4) is 0 Å². The molecule has 19 heavy (non-hydrogen) atoms. The lowest BCUT2D eigenvalue weighted by molar-refractivity contribution is -0.0458. The molecule has 1 aromatic rings. The molecular weight excluding hydrogens is 246 g/mol. The molecule has 0 aliphatic carbocycles. The quantitative estimate of drug-likeness (QED) is 0.858. The lowest BCUT2D eigenvalue weighted by atomic mass is 9.97. The summed E-state index contributed by atoms with van der Waals surface area (Å²) in [6.07, 6.45) is -0.544. The first-order valence-corrected chi connectivity index (χ1v) is 6.61. The van der Waals surface area contributed by atoms with Gasteiger partial charge in [-0.1, -0.05) is 12.1 Å². The fraction of sp³-hybridized carbons (Fsp3) is 0.571. The predicted octanol–water partition coefficient (Wildman–Crippen LogP) is 0.822. The molecule has 2 unspecified atom stereocenters. The second kappa shape index (κ2) is 5.36. The van der Waals surface area contributed by atoms with Gasteiger partial charge in [-0.2, -0.15) is 0 Å². The Labute approximate surface area is 112 Å². The zero-order valence-corrected chi connectivity index (χ0v) is 11.0. The van der Waals surface area contributed by atoms with Gasteiger partial charge in [-0.15, -0.1) is 0 Å². The van der Waals surface area contributed by atoms with E-state index in [1.807, 2.05) is 18.2 Å². The van der Waals surface area contributed by atoms with Crippen molar-refractivity contribution in [2.24, 2.45) is 0 Å². The van der Waals surface area contributed by atoms with Crippen molar-refractivity contribution in [2.75, 3.05) is 40.0 Å². The van der Waals surface area contributed by atoms with Gasteiger partial charge < -0.3 is 19.3 Å². The Balaban J connectivity index is 1.85. The zero-order valence-electron chi connectivity index (χ0n) is 11.0. The smallest absolute Gasteiger partial charge is 0.167 e. The molecule has 0 aromatic heterocycles. The SMILES string of the molecule is COc1cccc2c1OCC(N1CCOCC1)C2O. The maximum absolute atomic E-state index is 10.6. The molecule has 104 valence electrons. The predicted molar refractivity (Wildman–Crippen MR) is 69.6 cm³/mol. The second-order valence-electron chi connectivity index (χ2n) is 4.85. The fourth-order valence-corrected chi connectivity index (χ4v) is 2.76. The molecule has 1 saturated heterocycles. The van der Waals surface area contributed by atoms with Crippen molar-refractivity contribution in [3.63, 3.8) is 0 Å². The number of para-hydroxylation sites is 1. The third-order valence-electron chi connectivity index (χ3n) is 3.83. The molecule has 1 fully saturated rings. The molecule has 2 atom stereocenters. The molecule has 1 aromatic carbocycles. The number of benzene rings is 1. The molecule has 0 spiro atoms. The molecule has 2 aliphatic heterocycles. The van der Waals surface area contributed by atoms with Gasteiger partial charge in [0, 0.05) is 18.7 Å². The molecule has 2 aliphatic rings. The Hall–Kier alpha value is -1.30. The lowest BCUT2D eigenvalue weighted by Gasteiger charge is -2.40. The van der Waals surface area contributed by atoms with Crippen LogP contribution in [-0.4, -0.2) is 56.1 Å². The summed E-state index contributed by atoms with van der Waals surface area (Å²) in [6.45, 7) is 3.59. The van der Waals surface area contributed by atoms with Gasteiger partial charge in [0.05, 0.1) is 26.4 Å². The summed E-state index contributed by atoms with van der Waals surface area (Å²) in [5, 5.41) is 10.6. The number of hydrogen-bond acceptors (Lipinski definition) is 5. The van der Waals surface area contributed by atoms with E-state index in [1.165, 1.54) is 0 Å². The normalized spacial score (nSPS) is 27.5. The van der Waals surface area contributed by atoms with E-state index in [1.54, 1.807) is 7.11 Å². The number of fused-ring (bicyclic) bond motifs is 1. The Morgan fingerprint density at radius 3 is 2.84 bits per heavy atom. The summed E-state index contributed by atoms with van der Waals surface area (Å²) < 4.78 is 16.4. The van der Waals surface area contributed by atoms with Crippen LogP contribution in [0.1, 0.15) is 11.7 Å². The summed E-state index contributed by atoms with van der Waals surface area (Å²) in [4.78, 5) is 2.23. The number of morpholine rings is 1. The van der Waals surface area contributed by atoms with Crippen LogP contribution in [0.5, 0.6) is 11.5 Å². The van der Waals surface area contributed by atoms with Crippen LogP contribution in [-0.2, 0) is 4.74 Å². The maximum Gasteiger partial charge on any atom is 0.167 e. The number of aliphatic hydroxyl groups is 1. The monoisotopic (exact) mass is 265 g/mol. The minimum atomic E-state index is -0.544. The van der Waals surface area contributed by atoms with Crippen LogP contribution >= 0.6 is 0 Å². The first kappa shape index (κ1) is 12.7. The Morgan fingerprint density at radius 1 is 1.32 bits per heavy atom. The number of ether oxygens (including phenoxy) is 3. The molecule has 2 heterocycles. The third-order valence-corrected chi connectivity index (χ3v) is 3.83. The molecule has 3 rings (SSSR count).